The van der Waals surface area contributed by atoms with Crippen LogP contribution in [0.2, 0.25) is 0 Å². The molecule has 0 aliphatic heterocycles. The third-order valence-electron chi connectivity index (χ3n) is 4.00. The predicted octanol–water partition coefficient (Wildman–Crippen LogP) is 4.76. The van der Waals surface area contributed by atoms with Crippen LogP contribution in [0.1, 0.15) is 5.82 Å². The molecule has 2 aromatic carbocycles. The number of halogens is 1. The Labute approximate surface area is 180 Å². The molecule has 0 aliphatic rings. The maximum Gasteiger partial charge on any atom is 0.232 e. The Morgan fingerprint density at radius 3 is 2.67 bits per heavy atom. The minimum atomic E-state index is -0.270. The van der Waals surface area contributed by atoms with E-state index >= 15 is 0 Å². The summed E-state index contributed by atoms with van der Waals surface area (Å²) < 4.78 is 19.3. The zero-order chi connectivity index (χ0) is 20.9. The number of anilines is 3. The molecule has 0 spiro atoms. The van der Waals surface area contributed by atoms with E-state index in [9.17, 15) is 4.39 Å². The standard InChI is InChI=1S/C20H17FN6OS2/c1-28-16-5-3-2-4-14(16)23-19-26-17(25-18(22)27-19)11-30-20-24-15(10-29-20)12-6-8-13(21)9-7-12/h2-10H,11H2,1H3,(H3,22,23,25,26,27). The summed E-state index contributed by atoms with van der Waals surface area (Å²) >= 11 is 3.00. The lowest BCUT2D eigenvalue weighted by atomic mass is 10.2. The summed E-state index contributed by atoms with van der Waals surface area (Å²) in [5.41, 5.74) is 8.26. The van der Waals surface area contributed by atoms with Crippen molar-refractivity contribution in [2.75, 3.05) is 18.2 Å². The van der Waals surface area contributed by atoms with E-state index in [4.69, 9.17) is 10.5 Å². The molecule has 3 N–H and O–H groups in total. The first kappa shape index (κ1) is 20.0. The quantitative estimate of drug-likeness (QED) is 0.397. The lowest BCUT2D eigenvalue weighted by Gasteiger charge is -2.10. The highest BCUT2D eigenvalue weighted by Crippen LogP contribution is 2.30. The summed E-state index contributed by atoms with van der Waals surface area (Å²) in [6.07, 6.45) is 0. The Morgan fingerprint density at radius 1 is 1.07 bits per heavy atom. The molecule has 10 heteroatoms. The summed E-state index contributed by atoms with van der Waals surface area (Å²) in [5, 5.41) is 5.05. The van der Waals surface area contributed by atoms with E-state index < -0.39 is 0 Å². The van der Waals surface area contributed by atoms with Gasteiger partial charge in [0.05, 0.1) is 24.2 Å². The number of benzene rings is 2. The molecule has 4 aromatic rings. The fraction of sp³-hybridized carbons (Fsp3) is 0.100. The molecule has 7 nitrogen and oxygen atoms in total. The molecule has 0 radical (unpaired) electrons. The van der Waals surface area contributed by atoms with E-state index in [2.05, 4.69) is 25.3 Å². The summed E-state index contributed by atoms with van der Waals surface area (Å²) in [4.78, 5) is 17.4. The lowest BCUT2D eigenvalue weighted by molar-refractivity contribution is 0.417. The van der Waals surface area contributed by atoms with Gasteiger partial charge in [0.1, 0.15) is 17.4 Å². The van der Waals surface area contributed by atoms with Gasteiger partial charge in [0, 0.05) is 10.9 Å². The minimum Gasteiger partial charge on any atom is -0.495 e. The molecule has 0 saturated heterocycles. The van der Waals surface area contributed by atoms with Gasteiger partial charge in [0.15, 0.2) is 4.34 Å². The number of aromatic nitrogens is 4. The number of ether oxygens (including phenoxy) is 1. The van der Waals surface area contributed by atoms with E-state index in [1.807, 2.05) is 29.6 Å². The molecular weight excluding hydrogens is 423 g/mol. The van der Waals surface area contributed by atoms with Crippen molar-refractivity contribution < 1.29 is 9.13 Å². The van der Waals surface area contributed by atoms with Gasteiger partial charge < -0.3 is 15.8 Å². The van der Waals surface area contributed by atoms with Gasteiger partial charge in [-0.25, -0.2) is 9.37 Å². The summed E-state index contributed by atoms with van der Waals surface area (Å²) in [6, 6.07) is 13.7. The van der Waals surface area contributed by atoms with Gasteiger partial charge in [0.2, 0.25) is 11.9 Å². The average Bonchev–Trinajstić information content (AvgIpc) is 3.22. The third kappa shape index (κ3) is 4.84. The second-order valence-corrected chi connectivity index (χ2v) is 8.13. The zero-order valence-electron chi connectivity index (χ0n) is 15.9. The first-order valence-corrected chi connectivity index (χ1v) is 10.7. The Hall–Kier alpha value is -3.24. The van der Waals surface area contributed by atoms with E-state index in [-0.39, 0.29) is 11.8 Å². The predicted molar refractivity (Wildman–Crippen MR) is 118 cm³/mol. The van der Waals surface area contributed by atoms with Gasteiger partial charge >= 0.3 is 0 Å². The number of hydrogen-bond acceptors (Lipinski definition) is 9. The number of para-hydroxylation sites is 2. The maximum atomic E-state index is 13.1. The van der Waals surface area contributed by atoms with Crippen LogP contribution in [0.15, 0.2) is 58.3 Å². The van der Waals surface area contributed by atoms with Crippen LogP contribution in [0, 0.1) is 5.82 Å². The van der Waals surface area contributed by atoms with Crippen molar-refractivity contribution in [2.24, 2.45) is 0 Å². The molecular formula is C20H17FN6OS2. The highest BCUT2D eigenvalue weighted by molar-refractivity contribution is 8.00. The molecule has 0 amide bonds. The van der Waals surface area contributed by atoms with Crippen LogP contribution in [-0.2, 0) is 5.75 Å². The Balaban J connectivity index is 1.46. The fourth-order valence-corrected chi connectivity index (χ4v) is 4.32. The number of nitrogens with one attached hydrogen (secondary N) is 1. The van der Waals surface area contributed by atoms with E-state index in [1.165, 1.54) is 35.2 Å². The van der Waals surface area contributed by atoms with Crippen molar-refractivity contribution >= 4 is 40.7 Å². The van der Waals surface area contributed by atoms with Crippen LogP contribution in [0.3, 0.4) is 0 Å². The topological polar surface area (TPSA) is 98.8 Å². The molecule has 0 fully saturated rings. The van der Waals surface area contributed by atoms with Gasteiger partial charge in [0.25, 0.3) is 0 Å². The Bertz CT molecular complexity index is 1150. The summed E-state index contributed by atoms with van der Waals surface area (Å²) in [6.45, 7) is 0. The number of hydrogen-bond donors (Lipinski definition) is 2. The number of rotatable bonds is 7. The summed E-state index contributed by atoms with van der Waals surface area (Å²) in [7, 11) is 1.60. The van der Waals surface area contributed by atoms with Gasteiger partial charge in [-0.05, 0) is 36.4 Å². The molecule has 0 bridgehead atoms. The monoisotopic (exact) mass is 440 g/mol. The van der Waals surface area contributed by atoms with Crippen LogP contribution in [0.25, 0.3) is 11.3 Å². The maximum absolute atomic E-state index is 13.1. The number of nitrogen functional groups attached to an aromatic ring is 1. The van der Waals surface area contributed by atoms with Crippen LogP contribution < -0.4 is 15.8 Å². The highest BCUT2D eigenvalue weighted by atomic mass is 32.2. The average molecular weight is 441 g/mol. The van der Waals surface area contributed by atoms with Crippen LogP contribution in [-0.4, -0.2) is 27.0 Å². The minimum absolute atomic E-state index is 0.129. The number of thioether (sulfide) groups is 1. The third-order valence-corrected chi connectivity index (χ3v) is 6.02. The van der Waals surface area contributed by atoms with Crippen molar-refractivity contribution in [3.8, 4) is 17.0 Å². The van der Waals surface area contributed by atoms with Gasteiger partial charge in [-0.2, -0.15) is 15.0 Å². The fourth-order valence-electron chi connectivity index (χ4n) is 2.63. The van der Waals surface area contributed by atoms with Crippen molar-refractivity contribution in [1.29, 1.82) is 0 Å². The van der Waals surface area contributed by atoms with Gasteiger partial charge in [-0.1, -0.05) is 23.9 Å². The second kappa shape index (κ2) is 9.06. The zero-order valence-corrected chi connectivity index (χ0v) is 17.5. The molecule has 152 valence electrons. The second-order valence-electron chi connectivity index (χ2n) is 6.05. The lowest BCUT2D eigenvalue weighted by Crippen LogP contribution is -2.07. The number of nitrogens with two attached hydrogens (primary N) is 1. The SMILES string of the molecule is COc1ccccc1Nc1nc(N)nc(CSc2nc(-c3ccc(F)cc3)cs2)n1. The smallest absolute Gasteiger partial charge is 0.232 e. The molecule has 0 saturated carbocycles. The first-order valence-electron chi connectivity index (χ1n) is 8.85. The first-order chi connectivity index (χ1) is 14.6. The largest absolute Gasteiger partial charge is 0.495 e. The molecule has 0 atom stereocenters. The summed E-state index contributed by atoms with van der Waals surface area (Å²) in [5.74, 6) is 1.88. The molecule has 30 heavy (non-hydrogen) atoms. The Morgan fingerprint density at radius 2 is 1.87 bits per heavy atom. The molecule has 0 unspecified atom stereocenters. The van der Waals surface area contributed by atoms with Gasteiger partial charge in [-0.15, -0.1) is 11.3 Å². The van der Waals surface area contributed by atoms with Crippen LogP contribution in [0.4, 0.5) is 22.0 Å². The highest BCUT2D eigenvalue weighted by Gasteiger charge is 2.10. The van der Waals surface area contributed by atoms with Gasteiger partial charge in [-0.3, -0.25) is 0 Å². The number of nitrogens with zero attached hydrogens (tertiary/aromatic N) is 4. The molecule has 4 rings (SSSR count). The van der Waals surface area contributed by atoms with Crippen molar-refractivity contribution in [1.82, 2.24) is 19.9 Å². The van der Waals surface area contributed by atoms with Crippen molar-refractivity contribution in [3.63, 3.8) is 0 Å². The number of methoxy groups -OCH3 is 1. The molecule has 2 heterocycles. The van der Waals surface area contributed by atoms with Crippen LogP contribution >= 0.6 is 23.1 Å². The van der Waals surface area contributed by atoms with E-state index in [0.717, 1.165) is 21.3 Å². The van der Waals surface area contributed by atoms with Crippen molar-refractivity contribution in [2.45, 2.75) is 10.1 Å². The molecule has 2 aromatic heterocycles. The van der Waals surface area contributed by atoms with E-state index in [1.54, 1.807) is 19.2 Å². The number of thiazole rings is 1. The van der Waals surface area contributed by atoms with E-state index in [0.29, 0.717) is 23.3 Å². The normalized spacial score (nSPS) is 10.7. The van der Waals surface area contributed by atoms with Crippen LogP contribution in [0.5, 0.6) is 5.75 Å². The molecule has 0 aliphatic carbocycles. The van der Waals surface area contributed by atoms with Crippen molar-refractivity contribution in [3.05, 3.63) is 65.6 Å². The Kier molecular flexibility index (Phi) is 6.05.